The van der Waals surface area contributed by atoms with Crippen molar-refractivity contribution in [3.63, 3.8) is 0 Å². The number of rotatable bonds is 5. The number of hydrogen-bond acceptors (Lipinski definition) is 6. The summed E-state index contributed by atoms with van der Waals surface area (Å²) >= 11 is 0. The van der Waals surface area contributed by atoms with Gasteiger partial charge in [0.2, 0.25) is 0 Å². The van der Waals surface area contributed by atoms with Gasteiger partial charge in [0.05, 0.1) is 11.0 Å². The fraction of sp³-hybridized carbons (Fsp3) is 0.167. The fourth-order valence-electron chi connectivity index (χ4n) is 1.82. The first kappa shape index (κ1) is 14.5. The third-order valence-corrected chi connectivity index (χ3v) is 2.88. The van der Waals surface area contributed by atoms with E-state index in [2.05, 4.69) is 20.7 Å². The van der Waals surface area contributed by atoms with Crippen LogP contribution in [-0.4, -0.2) is 20.8 Å². The number of nitrogen functional groups attached to an aromatic ring is 1. The molecule has 1 unspecified atom stereocenters. The Kier molecular flexibility index (Phi) is 4.14. The highest BCUT2D eigenvalue weighted by molar-refractivity contribution is 5.99. The molecule has 0 fully saturated rings. The summed E-state index contributed by atoms with van der Waals surface area (Å²) in [6.45, 7) is 1.72. The number of hydrogen-bond donors (Lipinski definition) is 4. The van der Waals surface area contributed by atoms with E-state index in [1.165, 1.54) is 18.2 Å². The molecule has 1 aromatic carbocycles. The quantitative estimate of drug-likeness (QED) is 0.369. The van der Waals surface area contributed by atoms with Crippen LogP contribution in [0.15, 0.2) is 30.6 Å². The van der Waals surface area contributed by atoms with Gasteiger partial charge >= 0.3 is 0 Å². The summed E-state index contributed by atoms with van der Waals surface area (Å²) in [5, 5.41) is 13.6. The predicted octanol–water partition coefficient (Wildman–Crippen LogP) is 1.09. The first-order valence-corrected chi connectivity index (χ1v) is 6.08. The molecule has 9 nitrogen and oxygen atoms in total. The summed E-state index contributed by atoms with van der Waals surface area (Å²) in [6, 6.07) is 3.55. The molecule has 0 bridgehead atoms. The van der Waals surface area contributed by atoms with E-state index in [9.17, 15) is 14.9 Å². The number of amides is 1. The Morgan fingerprint density at radius 3 is 2.86 bits per heavy atom. The van der Waals surface area contributed by atoms with Crippen molar-refractivity contribution < 1.29 is 9.72 Å². The molecular formula is C12H14N6O3. The molecule has 9 heteroatoms. The van der Waals surface area contributed by atoms with Gasteiger partial charge in [-0.3, -0.25) is 20.8 Å². The smallest absolute Gasteiger partial charge is 0.282 e. The monoisotopic (exact) mass is 290 g/mol. The van der Waals surface area contributed by atoms with Gasteiger partial charge in [-0.2, -0.15) is 0 Å². The Hall–Kier alpha value is -2.94. The molecule has 0 spiro atoms. The van der Waals surface area contributed by atoms with Gasteiger partial charge < -0.3 is 15.7 Å². The third kappa shape index (κ3) is 3.15. The van der Waals surface area contributed by atoms with Gasteiger partial charge in [0.25, 0.3) is 11.6 Å². The molecule has 0 aliphatic heterocycles. The van der Waals surface area contributed by atoms with Crippen LogP contribution in [0.25, 0.3) is 0 Å². The fourth-order valence-corrected chi connectivity index (χ4v) is 1.82. The molecule has 0 radical (unpaired) electrons. The van der Waals surface area contributed by atoms with Crippen LogP contribution in [-0.2, 0) is 0 Å². The number of anilines is 1. The van der Waals surface area contributed by atoms with E-state index in [0.717, 1.165) is 0 Å². The molecule has 1 atom stereocenters. The van der Waals surface area contributed by atoms with Crippen LogP contribution in [0.2, 0.25) is 0 Å². The highest BCUT2D eigenvalue weighted by Crippen LogP contribution is 2.23. The highest BCUT2D eigenvalue weighted by Gasteiger charge is 2.22. The molecule has 1 heterocycles. The van der Waals surface area contributed by atoms with Crippen molar-refractivity contribution in [3.05, 3.63) is 52.1 Å². The molecule has 0 aliphatic rings. The zero-order valence-corrected chi connectivity index (χ0v) is 11.2. The van der Waals surface area contributed by atoms with Crippen molar-refractivity contribution in [1.29, 1.82) is 0 Å². The summed E-state index contributed by atoms with van der Waals surface area (Å²) in [4.78, 5) is 29.5. The first-order chi connectivity index (χ1) is 10.0. The lowest BCUT2D eigenvalue weighted by Gasteiger charge is -2.12. The Balaban J connectivity index is 2.27. The van der Waals surface area contributed by atoms with Gasteiger partial charge in [0.15, 0.2) is 0 Å². The van der Waals surface area contributed by atoms with Crippen LogP contribution in [0.4, 0.5) is 11.4 Å². The van der Waals surface area contributed by atoms with Gasteiger partial charge in [-0.05, 0) is 19.1 Å². The second-order valence-electron chi connectivity index (χ2n) is 4.30. The maximum Gasteiger partial charge on any atom is 0.282 e. The highest BCUT2D eigenvalue weighted by atomic mass is 16.6. The lowest BCUT2D eigenvalue weighted by atomic mass is 10.1. The predicted molar refractivity (Wildman–Crippen MR) is 75.4 cm³/mol. The number of nitro groups is 1. The molecule has 21 heavy (non-hydrogen) atoms. The zero-order chi connectivity index (χ0) is 15.4. The van der Waals surface area contributed by atoms with Crippen LogP contribution >= 0.6 is 0 Å². The van der Waals surface area contributed by atoms with Crippen LogP contribution in [0, 0.1) is 10.1 Å². The minimum Gasteiger partial charge on any atom is -0.347 e. The Morgan fingerprint density at radius 1 is 1.52 bits per heavy atom. The normalized spacial score (nSPS) is 11.7. The molecule has 2 aromatic rings. The van der Waals surface area contributed by atoms with Crippen molar-refractivity contribution in [2.45, 2.75) is 13.0 Å². The number of nitrogens with zero attached hydrogens (tertiary/aromatic N) is 2. The molecule has 0 saturated carbocycles. The van der Waals surface area contributed by atoms with Gasteiger partial charge in [-0.15, -0.1) is 0 Å². The third-order valence-electron chi connectivity index (χ3n) is 2.88. The lowest BCUT2D eigenvalue weighted by molar-refractivity contribution is -0.385. The van der Waals surface area contributed by atoms with Crippen molar-refractivity contribution in [2.24, 2.45) is 5.84 Å². The van der Waals surface area contributed by atoms with Crippen molar-refractivity contribution in [2.75, 3.05) is 5.43 Å². The van der Waals surface area contributed by atoms with Crippen LogP contribution in [0.3, 0.4) is 0 Å². The van der Waals surface area contributed by atoms with E-state index in [0.29, 0.717) is 11.5 Å². The molecule has 2 rings (SSSR count). The number of hydrazine groups is 1. The largest absolute Gasteiger partial charge is 0.347 e. The number of carbonyl (C=O) groups excluding carboxylic acids is 1. The van der Waals surface area contributed by atoms with E-state index < -0.39 is 16.9 Å². The Bertz CT molecular complexity index is 655. The number of benzene rings is 1. The number of H-pyrrole nitrogens is 1. The number of imidazole rings is 1. The van der Waals surface area contributed by atoms with Crippen molar-refractivity contribution in [1.82, 2.24) is 15.3 Å². The van der Waals surface area contributed by atoms with E-state index >= 15 is 0 Å². The molecule has 5 N–H and O–H groups in total. The van der Waals surface area contributed by atoms with Crippen LogP contribution in [0.5, 0.6) is 0 Å². The summed E-state index contributed by atoms with van der Waals surface area (Å²) < 4.78 is 0. The topological polar surface area (TPSA) is 139 Å². The minimum atomic E-state index is -0.618. The standard InChI is InChI=1S/C12H14N6O3/c1-7(11-14-4-5-15-11)16-12(19)9-6-8(17-13)2-3-10(9)18(20)21/h2-7,17H,13H2,1H3,(H,14,15)(H,16,19). The van der Waals surface area contributed by atoms with Gasteiger partial charge in [-0.1, -0.05) is 0 Å². The molecular weight excluding hydrogens is 276 g/mol. The number of aromatic amines is 1. The molecule has 1 aromatic heterocycles. The number of carbonyl (C=O) groups is 1. The van der Waals surface area contributed by atoms with Crippen LogP contribution < -0.4 is 16.6 Å². The number of aromatic nitrogens is 2. The van der Waals surface area contributed by atoms with E-state index in [-0.39, 0.29) is 11.3 Å². The van der Waals surface area contributed by atoms with Crippen molar-refractivity contribution >= 4 is 17.3 Å². The summed E-state index contributed by atoms with van der Waals surface area (Å²) in [7, 11) is 0. The van der Waals surface area contributed by atoms with E-state index in [1.54, 1.807) is 19.3 Å². The average Bonchev–Trinajstić information content (AvgIpc) is 3.00. The maximum atomic E-state index is 12.2. The second kappa shape index (κ2) is 6.01. The number of nitro benzene ring substituents is 1. The van der Waals surface area contributed by atoms with Gasteiger partial charge in [0, 0.05) is 24.1 Å². The Labute approximate surface area is 119 Å². The van der Waals surface area contributed by atoms with Crippen LogP contribution in [0.1, 0.15) is 29.1 Å². The summed E-state index contributed by atoms with van der Waals surface area (Å²) in [5.41, 5.74) is 2.38. The summed E-state index contributed by atoms with van der Waals surface area (Å²) in [5.74, 6) is 5.23. The summed E-state index contributed by atoms with van der Waals surface area (Å²) in [6.07, 6.45) is 3.18. The van der Waals surface area contributed by atoms with E-state index in [4.69, 9.17) is 5.84 Å². The average molecular weight is 290 g/mol. The van der Waals surface area contributed by atoms with Gasteiger partial charge in [0.1, 0.15) is 11.4 Å². The second-order valence-corrected chi connectivity index (χ2v) is 4.30. The molecule has 0 aliphatic carbocycles. The zero-order valence-electron chi connectivity index (χ0n) is 11.2. The minimum absolute atomic E-state index is 0.0751. The van der Waals surface area contributed by atoms with Crippen molar-refractivity contribution in [3.8, 4) is 0 Å². The van der Waals surface area contributed by atoms with E-state index in [1.807, 2.05) is 0 Å². The maximum absolute atomic E-state index is 12.2. The molecule has 110 valence electrons. The first-order valence-electron chi connectivity index (χ1n) is 6.08. The number of nitrogens with one attached hydrogen (secondary N) is 3. The number of nitrogens with two attached hydrogens (primary N) is 1. The molecule has 0 saturated heterocycles. The molecule has 1 amide bonds. The SMILES string of the molecule is CC(NC(=O)c1cc(NN)ccc1[N+](=O)[O-])c1ncc[nH]1. The Morgan fingerprint density at radius 2 is 2.29 bits per heavy atom. The lowest BCUT2D eigenvalue weighted by Crippen LogP contribution is -2.28. The van der Waals surface area contributed by atoms with Gasteiger partial charge in [-0.25, -0.2) is 4.98 Å².